The molecule has 0 heteroatoms. The van der Waals surface area contributed by atoms with Crippen LogP contribution in [0.25, 0.3) is 11.1 Å². The van der Waals surface area contributed by atoms with E-state index in [9.17, 15) is 0 Å². The van der Waals surface area contributed by atoms with Crippen LogP contribution in [0.3, 0.4) is 0 Å². The fourth-order valence-electron chi connectivity index (χ4n) is 2.91. The van der Waals surface area contributed by atoms with E-state index >= 15 is 0 Å². The van der Waals surface area contributed by atoms with E-state index in [1.807, 2.05) is 0 Å². The lowest BCUT2D eigenvalue weighted by Crippen LogP contribution is -2.01. The van der Waals surface area contributed by atoms with Crippen molar-refractivity contribution in [3.8, 4) is 11.1 Å². The first-order chi connectivity index (χ1) is 9.41. The highest BCUT2D eigenvalue weighted by Crippen LogP contribution is 2.34. The molecule has 0 saturated heterocycles. The molecule has 0 N–H and O–H groups in total. The van der Waals surface area contributed by atoms with Gasteiger partial charge in [-0.25, -0.2) is 0 Å². The Kier molecular flexibility index (Phi) is 4.32. The first-order valence-electron chi connectivity index (χ1n) is 7.62. The second kappa shape index (κ2) is 5.83. The van der Waals surface area contributed by atoms with Crippen LogP contribution in [-0.4, -0.2) is 0 Å². The summed E-state index contributed by atoms with van der Waals surface area (Å²) in [5.41, 5.74) is 8.46. The van der Waals surface area contributed by atoms with Gasteiger partial charge in [0.05, 0.1) is 0 Å². The summed E-state index contributed by atoms with van der Waals surface area (Å²) in [6, 6.07) is 13.5. The van der Waals surface area contributed by atoms with Gasteiger partial charge in [-0.1, -0.05) is 64.1 Å². The molecule has 106 valence electrons. The van der Waals surface area contributed by atoms with Crippen LogP contribution >= 0.6 is 0 Å². The third-order valence-electron chi connectivity index (χ3n) is 4.11. The van der Waals surface area contributed by atoms with E-state index in [0.29, 0.717) is 11.8 Å². The summed E-state index contributed by atoms with van der Waals surface area (Å²) < 4.78 is 0. The minimum atomic E-state index is 0.566. The first kappa shape index (κ1) is 14.8. The van der Waals surface area contributed by atoms with Gasteiger partial charge in [0.15, 0.2) is 0 Å². The van der Waals surface area contributed by atoms with Crippen LogP contribution in [0, 0.1) is 13.8 Å². The van der Waals surface area contributed by atoms with Crippen molar-refractivity contribution < 1.29 is 0 Å². The lowest BCUT2D eigenvalue weighted by molar-refractivity contribution is 0.789. The van der Waals surface area contributed by atoms with Crippen LogP contribution in [0.4, 0.5) is 0 Å². The van der Waals surface area contributed by atoms with Crippen molar-refractivity contribution >= 4 is 0 Å². The summed E-state index contributed by atoms with van der Waals surface area (Å²) in [6.07, 6.45) is 0. The second-order valence-electron chi connectivity index (χ2n) is 6.42. The van der Waals surface area contributed by atoms with Gasteiger partial charge in [-0.05, 0) is 59.1 Å². The molecule has 0 unspecified atom stereocenters. The molecule has 0 aliphatic rings. The highest BCUT2D eigenvalue weighted by molar-refractivity contribution is 5.72. The molecular formula is C20H26. The third-order valence-corrected chi connectivity index (χ3v) is 4.11. The van der Waals surface area contributed by atoms with Gasteiger partial charge in [0.2, 0.25) is 0 Å². The van der Waals surface area contributed by atoms with Crippen LogP contribution in [0.2, 0.25) is 0 Å². The second-order valence-corrected chi connectivity index (χ2v) is 6.42. The van der Waals surface area contributed by atoms with Crippen LogP contribution in [0.5, 0.6) is 0 Å². The summed E-state index contributed by atoms with van der Waals surface area (Å²) in [5, 5.41) is 0. The molecular weight excluding hydrogens is 240 g/mol. The topological polar surface area (TPSA) is 0 Å². The van der Waals surface area contributed by atoms with Crippen molar-refractivity contribution in [3.05, 3.63) is 58.7 Å². The molecule has 0 aliphatic heterocycles. The van der Waals surface area contributed by atoms with Gasteiger partial charge in [0, 0.05) is 0 Å². The van der Waals surface area contributed by atoms with Crippen molar-refractivity contribution in [2.45, 2.75) is 53.4 Å². The van der Waals surface area contributed by atoms with E-state index in [4.69, 9.17) is 0 Å². The zero-order valence-corrected chi connectivity index (χ0v) is 13.6. The number of hydrogen-bond acceptors (Lipinski definition) is 0. The molecule has 20 heavy (non-hydrogen) atoms. The van der Waals surface area contributed by atoms with Gasteiger partial charge in [-0.2, -0.15) is 0 Å². The smallest absolute Gasteiger partial charge is 0.0149 e. The molecule has 0 spiro atoms. The average molecular weight is 266 g/mol. The lowest BCUT2D eigenvalue weighted by atomic mass is 9.85. The number of benzene rings is 2. The minimum Gasteiger partial charge on any atom is -0.0620 e. The van der Waals surface area contributed by atoms with Gasteiger partial charge in [-0.3, -0.25) is 0 Å². The zero-order valence-electron chi connectivity index (χ0n) is 13.6. The van der Waals surface area contributed by atoms with E-state index in [0.717, 1.165) is 0 Å². The van der Waals surface area contributed by atoms with Gasteiger partial charge in [0.1, 0.15) is 0 Å². The average Bonchev–Trinajstić information content (AvgIpc) is 2.39. The summed E-state index contributed by atoms with van der Waals surface area (Å²) in [6.45, 7) is 13.6. The van der Waals surface area contributed by atoms with Crippen molar-refractivity contribution in [1.82, 2.24) is 0 Å². The molecule has 2 aromatic carbocycles. The normalized spacial score (nSPS) is 11.4. The number of hydrogen-bond donors (Lipinski definition) is 0. The first-order valence-corrected chi connectivity index (χ1v) is 7.62. The number of rotatable bonds is 3. The Morgan fingerprint density at radius 3 is 1.75 bits per heavy atom. The minimum absolute atomic E-state index is 0.566. The summed E-state index contributed by atoms with van der Waals surface area (Å²) in [5.74, 6) is 1.15. The quantitative estimate of drug-likeness (QED) is 0.619. The van der Waals surface area contributed by atoms with Gasteiger partial charge in [-0.15, -0.1) is 0 Å². The lowest BCUT2D eigenvalue weighted by Gasteiger charge is -2.20. The van der Waals surface area contributed by atoms with Crippen LogP contribution in [0.1, 0.15) is 61.8 Å². The molecule has 0 radical (unpaired) electrons. The Labute approximate surface area is 123 Å². The Morgan fingerprint density at radius 2 is 1.20 bits per heavy atom. The van der Waals surface area contributed by atoms with Gasteiger partial charge < -0.3 is 0 Å². The Balaban J connectivity index is 2.67. The molecule has 0 fully saturated rings. The van der Waals surface area contributed by atoms with Crippen molar-refractivity contribution in [3.63, 3.8) is 0 Å². The fraction of sp³-hybridized carbons (Fsp3) is 0.400. The highest BCUT2D eigenvalue weighted by Gasteiger charge is 2.14. The zero-order chi connectivity index (χ0) is 14.9. The van der Waals surface area contributed by atoms with Gasteiger partial charge >= 0.3 is 0 Å². The molecule has 2 aromatic rings. The molecule has 0 atom stereocenters. The van der Waals surface area contributed by atoms with E-state index < -0.39 is 0 Å². The van der Waals surface area contributed by atoms with E-state index in [2.05, 4.69) is 77.9 Å². The molecule has 0 heterocycles. The summed E-state index contributed by atoms with van der Waals surface area (Å²) in [4.78, 5) is 0. The predicted molar refractivity (Wildman–Crippen MR) is 89.5 cm³/mol. The molecule has 0 nitrogen and oxygen atoms in total. The summed E-state index contributed by atoms with van der Waals surface area (Å²) >= 11 is 0. The Hall–Kier alpha value is -1.56. The largest absolute Gasteiger partial charge is 0.0620 e. The molecule has 0 bridgehead atoms. The maximum absolute atomic E-state index is 2.41. The van der Waals surface area contributed by atoms with E-state index in [1.165, 1.54) is 33.4 Å². The predicted octanol–water partition coefficient (Wildman–Crippen LogP) is 6.22. The molecule has 2 rings (SSSR count). The monoisotopic (exact) mass is 266 g/mol. The molecule has 0 aliphatic carbocycles. The van der Waals surface area contributed by atoms with Crippen LogP contribution in [-0.2, 0) is 0 Å². The molecule has 0 amide bonds. The Morgan fingerprint density at radius 1 is 0.650 bits per heavy atom. The van der Waals surface area contributed by atoms with Crippen LogP contribution < -0.4 is 0 Å². The number of aryl methyl sites for hydroxylation is 2. The molecule has 0 saturated carbocycles. The molecule has 0 aromatic heterocycles. The Bertz CT molecular complexity index is 603. The maximum atomic E-state index is 2.41. The maximum Gasteiger partial charge on any atom is -0.0149 e. The standard InChI is InChI=1S/C20H26/c1-13(2)18-11-16(6)20(12-19(18)14(3)4)17-10-8-7-9-15(17)5/h7-14H,1-6H3. The fourth-order valence-corrected chi connectivity index (χ4v) is 2.91. The summed E-state index contributed by atoms with van der Waals surface area (Å²) in [7, 11) is 0. The van der Waals surface area contributed by atoms with Gasteiger partial charge in [0.25, 0.3) is 0 Å². The third kappa shape index (κ3) is 2.80. The van der Waals surface area contributed by atoms with Crippen LogP contribution in [0.15, 0.2) is 36.4 Å². The van der Waals surface area contributed by atoms with Crippen molar-refractivity contribution in [1.29, 1.82) is 0 Å². The highest BCUT2D eigenvalue weighted by atomic mass is 14.2. The van der Waals surface area contributed by atoms with E-state index in [-0.39, 0.29) is 0 Å². The van der Waals surface area contributed by atoms with E-state index in [1.54, 1.807) is 0 Å². The SMILES string of the molecule is Cc1ccccc1-c1cc(C(C)C)c(C(C)C)cc1C. The van der Waals surface area contributed by atoms with Crippen molar-refractivity contribution in [2.75, 3.05) is 0 Å². The van der Waals surface area contributed by atoms with Crippen molar-refractivity contribution in [2.24, 2.45) is 0 Å².